The summed E-state index contributed by atoms with van der Waals surface area (Å²) in [6.45, 7) is -0.425. The molecule has 0 bridgehead atoms. The molecule has 0 aromatic carbocycles. The van der Waals surface area contributed by atoms with Gasteiger partial charge in [0, 0.05) is 6.54 Å². The van der Waals surface area contributed by atoms with Crippen molar-refractivity contribution in [2.75, 3.05) is 19.8 Å². The predicted octanol–water partition coefficient (Wildman–Crippen LogP) is 1.08. The zero-order chi connectivity index (χ0) is 12.0. The molecule has 1 amide bonds. The standard InChI is InChI=1S/C10H14F2N2O2/c11-8(12)6-16-5-4-14-9(15)10(7-13)2-1-3-10/h8H,1-6H2,(H,14,15). The van der Waals surface area contributed by atoms with Gasteiger partial charge < -0.3 is 10.1 Å². The van der Waals surface area contributed by atoms with Crippen molar-refractivity contribution >= 4 is 5.91 Å². The smallest absolute Gasteiger partial charge is 0.261 e. The monoisotopic (exact) mass is 232 g/mol. The zero-order valence-electron chi connectivity index (χ0n) is 8.84. The van der Waals surface area contributed by atoms with Crippen molar-refractivity contribution < 1.29 is 18.3 Å². The van der Waals surface area contributed by atoms with Crippen LogP contribution in [-0.2, 0) is 9.53 Å². The van der Waals surface area contributed by atoms with Gasteiger partial charge in [0.2, 0.25) is 5.91 Å². The van der Waals surface area contributed by atoms with Crippen LogP contribution < -0.4 is 5.32 Å². The Labute approximate surface area is 92.6 Å². The Balaban J connectivity index is 2.14. The number of carbonyl (C=O) groups excluding carboxylic acids is 1. The van der Waals surface area contributed by atoms with Gasteiger partial charge in [-0.25, -0.2) is 8.78 Å². The summed E-state index contributed by atoms with van der Waals surface area (Å²) in [6, 6.07) is 2.00. The maximum atomic E-state index is 11.7. The Morgan fingerprint density at radius 1 is 1.56 bits per heavy atom. The molecule has 90 valence electrons. The molecule has 0 aliphatic heterocycles. The number of ether oxygens (including phenoxy) is 1. The van der Waals surface area contributed by atoms with Crippen LogP contribution in [0.5, 0.6) is 0 Å². The van der Waals surface area contributed by atoms with Crippen molar-refractivity contribution in [3.8, 4) is 6.07 Å². The molecule has 16 heavy (non-hydrogen) atoms. The third-order valence-electron chi connectivity index (χ3n) is 2.63. The van der Waals surface area contributed by atoms with E-state index in [-0.39, 0.29) is 19.1 Å². The number of hydrogen-bond donors (Lipinski definition) is 1. The number of hydrogen-bond acceptors (Lipinski definition) is 3. The van der Waals surface area contributed by atoms with Crippen LogP contribution in [-0.4, -0.2) is 32.1 Å². The second-order valence-electron chi connectivity index (χ2n) is 3.77. The maximum Gasteiger partial charge on any atom is 0.261 e. The molecule has 1 rings (SSSR count). The fourth-order valence-corrected chi connectivity index (χ4v) is 1.50. The molecule has 0 unspecified atom stereocenters. The molecular formula is C10H14F2N2O2. The number of halogens is 2. The second kappa shape index (κ2) is 5.75. The molecule has 0 radical (unpaired) electrons. The van der Waals surface area contributed by atoms with Gasteiger partial charge >= 0.3 is 0 Å². The highest BCUT2D eigenvalue weighted by Crippen LogP contribution is 2.40. The van der Waals surface area contributed by atoms with Crippen molar-refractivity contribution in [3.05, 3.63) is 0 Å². The summed E-state index contributed by atoms with van der Waals surface area (Å²) in [6.07, 6.45) is -0.462. The number of carbonyl (C=O) groups is 1. The Hall–Kier alpha value is -1.22. The van der Waals surface area contributed by atoms with Crippen molar-refractivity contribution in [2.45, 2.75) is 25.7 Å². The van der Waals surface area contributed by atoms with Gasteiger partial charge in [-0.2, -0.15) is 5.26 Å². The lowest BCUT2D eigenvalue weighted by molar-refractivity contribution is -0.132. The van der Waals surface area contributed by atoms with E-state index in [9.17, 15) is 13.6 Å². The van der Waals surface area contributed by atoms with Gasteiger partial charge in [0.1, 0.15) is 12.0 Å². The molecule has 4 nitrogen and oxygen atoms in total. The lowest BCUT2D eigenvalue weighted by Gasteiger charge is -2.33. The molecule has 1 aliphatic rings. The number of alkyl halides is 2. The van der Waals surface area contributed by atoms with Crippen LogP contribution in [0, 0.1) is 16.7 Å². The molecule has 0 aromatic rings. The summed E-state index contributed by atoms with van der Waals surface area (Å²) < 4.78 is 27.9. The number of nitrogens with one attached hydrogen (secondary N) is 1. The van der Waals surface area contributed by atoms with Gasteiger partial charge in [-0.05, 0) is 19.3 Å². The van der Waals surface area contributed by atoms with Crippen molar-refractivity contribution in [1.29, 1.82) is 5.26 Å². The topological polar surface area (TPSA) is 62.1 Å². The molecule has 1 N–H and O–H groups in total. The summed E-state index contributed by atoms with van der Waals surface area (Å²) in [5.41, 5.74) is -0.886. The first kappa shape index (κ1) is 12.8. The van der Waals surface area contributed by atoms with E-state index in [1.54, 1.807) is 0 Å². The van der Waals surface area contributed by atoms with Crippen LogP contribution in [0.1, 0.15) is 19.3 Å². The largest absolute Gasteiger partial charge is 0.374 e. The quantitative estimate of drug-likeness (QED) is 0.697. The minimum atomic E-state index is -2.49. The summed E-state index contributed by atoms with van der Waals surface area (Å²) >= 11 is 0. The van der Waals surface area contributed by atoms with Gasteiger partial charge in [-0.3, -0.25) is 4.79 Å². The van der Waals surface area contributed by atoms with E-state index >= 15 is 0 Å². The van der Waals surface area contributed by atoms with E-state index < -0.39 is 18.4 Å². The lowest BCUT2D eigenvalue weighted by Crippen LogP contribution is -2.45. The minimum absolute atomic E-state index is 0.0393. The van der Waals surface area contributed by atoms with Gasteiger partial charge in [0.25, 0.3) is 6.43 Å². The second-order valence-corrected chi connectivity index (χ2v) is 3.77. The molecule has 0 spiro atoms. The first-order valence-corrected chi connectivity index (χ1v) is 5.16. The van der Waals surface area contributed by atoms with Crippen molar-refractivity contribution in [2.24, 2.45) is 5.41 Å². The molecule has 1 fully saturated rings. The third-order valence-corrected chi connectivity index (χ3v) is 2.63. The van der Waals surface area contributed by atoms with E-state index in [0.29, 0.717) is 12.8 Å². The van der Waals surface area contributed by atoms with Crippen LogP contribution in [0.2, 0.25) is 0 Å². The molecule has 1 aliphatic carbocycles. The van der Waals surface area contributed by atoms with E-state index in [2.05, 4.69) is 10.1 Å². The van der Waals surface area contributed by atoms with Crippen LogP contribution in [0.25, 0.3) is 0 Å². The Kier molecular flexibility index (Phi) is 4.62. The highest BCUT2D eigenvalue weighted by molar-refractivity contribution is 5.86. The number of nitrogens with zero attached hydrogens (tertiary/aromatic N) is 1. The van der Waals surface area contributed by atoms with E-state index in [0.717, 1.165) is 6.42 Å². The van der Waals surface area contributed by atoms with Crippen LogP contribution in [0.4, 0.5) is 8.78 Å². The lowest BCUT2D eigenvalue weighted by atomic mass is 9.69. The van der Waals surface area contributed by atoms with Crippen LogP contribution in [0.3, 0.4) is 0 Å². The third kappa shape index (κ3) is 3.14. The molecule has 0 aromatic heterocycles. The van der Waals surface area contributed by atoms with E-state index in [1.807, 2.05) is 6.07 Å². The predicted molar refractivity (Wildman–Crippen MR) is 51.7 cm³/mol. The fourth-order valence-electron chi connectivity index (χ4n) is 1.50. The SMILES string of the molecule is N#CC1(C(=O)NCCOCC(F)F)CCC1. The molecular weight excluding hydrogens is 218 g/mol. The molecule has 0 heterocycles. The fraction of sp³-hybridized carbons (Fsp3) is 0.800. The molecule has 0 atom stereocenters. The first-order valence-electron chi connectivity index (χ1n) is 5.16. The van der Waals surface area contributed by atoms with Gasteiger partial charge in [0.05, 0.1) is 12.7 Å². The van der Waals surface area contributed by atoms with Crippen molar-refractivity contribution in [3.63, 3.8) is 0 Å². The van der Waals surface area contributed by atoms with E-state index in [1.165, 1.54) is 0 Å². The van der Waals surface area contributed by atoms with Crippen LogP contribution >= 0.6 is 0 Å². The number of rotatable bonds is 6. The summed E-state index contributed by atoms with van der Waals surface area (Å²) in [5, 5.41) is 11.4. The van der Waals surface area contributed by atoms with Gasteiger partial charge in [-0.1, -0.05) is 0 Å². The summed E-state index contributed by atoms with van der Waals surface area (Å²) in [7, 11) is 0. The molecule has 6 heteroatoms. The average Bonchev–Trinajstić information content (AvgIpc) is 2.16. The maximum absolute atomic E-state index is 11.7. The zero-order valence-corrected chi connectivity index (χ0v) is 8.84. The Morgan fingerprint density at radius 3 is 2.69 bits per heavy atom. The number of nitriles is 1. The minimum Gasteiger partial charge on any atom is -0.374 e. The molecule has 1 saturated carbocycles. The summed E-state index contributed by atoms with van der Waals surface area (Å²) in [5.74, 6) is -0.318. The highest BCUT2D eigenvalue weighted by Gasteiger charge is 2.44. The normalized spacial score (nSPS) is 17.6. The molecule has 0 saturated heterocycles. The first-order chi connectivity index (χ1) is 7.60. The summed E-state index contributed by atoms with van der Waals surface area (Å²) in [4.78, 5) is 11.5. The van der Waals surface area contributed by atoms with Crippen molar-refractivity contribution in [1.82, 2.24) is 5.32 Å². The Bertz CT molecular complexity index is 285. The number of amides is 1. The van der Waals surface area contributed by atoms with E-state index in [4.69, 9.17) is 5.26 Å². The highest BCUT2D eigenvalue weighted by atomic mass is 19.3. The van der Waals surface area contributed by atoms with Gasteiger partial charge in [0.15, 0.2) is 0 Å². The van der Waals surface area contributed by atoms with Gasteiger partial charge in [-0.15, -0.1) is 0 Å². The van der Waals surface area contributed by atoms with Crippen LogP contribution in [0.15, 0.2) is 0 Å². The Morgan fingerprint density at radius 2 is 2.25 bits per heavy atom. The average molecular weight is 232 g/mol.